The van der Waals surface area contributed by atoms with Gasteiger partial charge in [-0.1, -0.05) is 44.2 Å². The Morgan fingerprint density at radius 2 is 1.80 bits per heavy atom. The molecule has 1 unspecified atom stereocenters. The van der Waals surface area contributed by atoms with E-state index in [0.29, 0.717) is 17.7 Å². The van der Waals surface area contributed by atoms with Crippen molar-refractivity contribution in [2.75, 3.05) is 5.32 Å². The van der Waals surface area contributed by atoms with Crippen molar-refractivity contribution in [2.45, 2.75) is 32.7 Å². The smallest absolute Gasteiger partial charge is 0.227 e. The van der Waals surface area contributed by atoms with Crippen molar-refractivity contribution in [3.63, 3.8) is 0 Å². The van der Waals surface area contributed by atoms with Gasteiger partial charge >= 0.3 is 0 Å². The minimum atomic E-state index is -0.427. The summed E-state index contributed by atoms with van der Waals surface area (Å²) in [7, 11) is 0. The van der Waals surface area contributed by atoms with E-state index in [1.54, 1.807) is 12.1 Å². The lowest BCUT2D eigenvalue weighted by atomic mass is 9.74. The van der Waals surface area contributed by atoms with Crippen LogP contribution in [0.2, 0.25) is 0 Å². The topological polar surface area (TPSA) is 46.2 Å². The van der Waals surface area contributed by atoms with Crippen LogP contribution in [-0.4, -0.2) is 10.8 Å². The molecule has 0 amide bonds. The maximum absolute atomic E-state index is 14.5. The molecule has 1 aliphatic carbocycles. The normalized spacial score (nSPS) is 21.6. The third-order valence-corrected chi connectivity index (χ3v) is 4.95. The molecule has 25 heavy (non-hydrogen) atoms. The largest absolute Gasteiger partial charge is 0.512 e. The number of rotatable bonds is 1. The van der Waals surface area contributed by atoms with Crippen molar-refractivity contribution in [2.24, 2.45) is 5.41 Å². The monoisotopic (exact) mass is 337 g/mol. The second kappa shape index (κ2) is 5.73. The quantitative estimate of drug-likeness (QED) is 0.742. The van der Waals surface area contributed by atoms with Gasteiger partial charge in [-0.25, -0.2) is 9.38 Å². The Kier molecular flexibility index (Phi) is 3.64. The summed E-state index contributed by atoms with van der Waals surface area (Å²) in [4.78, 5) is 3.48. The van der Waals surface area contributed by atoms with E-state index in [4.69, 9.17) is 0 Å². The highest BCUT2D eigenvalue weighted by Crippen LogP contribution is 2.42. The third kappa shape index (κ3) is 2.82. The number of halogens is 1. The van der Waals surface area contributed by atoms with Gasteiger partial charge < -0.3 is 10.4 Å². The molecule has 2 aromatic carbocycles. The highest BCUT2D eigenvalue weighted by atomic mass is 19.1. The molecule has 4 rings (SSSR count). The van der Waals surface area contributed by atoms with Crippen molar-refractivity contribution in [1.29, 1.82) is 0 Å². The predicted molar refractivity (Wildman–Crippen MR) is 97.5 cm³/mol. The average Bonchev–Trinajstić information content (AvgIpc) is 2.70. The fraction of sp³-hybridized carbons (Fsp3) is 0.286. The lowest BCUT2D eigenvalue weighted by molar-refractivity contribution is -0.354. The summed E-state index contributed by atoms with van der Waals surface area (Å²) in [5.74, 6) is 0.0520. The number of nitrogens with one attached hydrogen (secondary N) is 2. The first kappa shape index (κ1) is 15.9. The van der Waals surface area contributed by atoms with Crippen LogP contribution in [0.5, 0.6) is 0 Å². The van der Waals surface area contributed by atoms with Gasteiger partial charge in [0.05, 0.1) is 11.6 Å². The number of hydrogen-bond acceptors (Lipinski definition) is 2. The molecule has 1 atom stereocenters. The van der Waals surface area contributed by atoms with Gasteiger partial charge in [-0.15, -0.1) is 0 Å². The van der Waals surface area contributed by atoms with E-state index >= 15 is 0 Å². The van der Waals surface area contributed by atoms with E-state index in [2.05, 4.69) is 24.2 Å². The zero-order valence-corrected chi connectivity index (χ0v) is 14.4. The molecule has 0 aromatic heterocycles. The summed E-state index contributed by atoms with van der Waals surface area (Å²) >= 11 is 0. The number of fused-ring (bicyclic) bond motifs is 2. The number of para-hydroxylation sites is 2. The Morgan fingerprint density at radius 1 is 1.08 bits per heavy atom. The summed E-state index contributed by atoms with van der Waals surface area (Å²) in [6.45, 7) is 4.27. The lowest BCUT2D eigenvalue weighted by Crippen LogP contribution is -2.67. The predicted octanol–water partition coefficient (Wildman–Crippen LogP) is 3.78. The molecule has 3 N–H and O–H groups in total. The van der Waals surface area contributed by atoms with Gasteiger partial charge in [-0.05, 0) is 17.5 Å². The van der Waals surface area contributed by atoms with Gasteiger partial charge in [0.25, 0.3) is 0 Å². The highest BCUT2D eigenvalue weighted by molar-refractivity contribution is 6.01. The van der Waals surface area contributed by atoms with E-state index in [-0.39, 0.29) is 11.2 Å². The first-order valence-electron chi connectivity index (χ1n) is 8.60. The van der Waals surface area contributed by atoms with E-state index in [9.17, 15) is 9.50 Å². The molecule has 0 saturated heterocycles. The minimum Gasteiger partial charge on any atom is -0.512 e. The van der Waals surface area contributed by atoms with Gasteiger partial charge in [0, 0.05) is 24.5 Å². The van der Waals surface area contributed by atoms with Crippen LogP contribution in [0, 0.1) is 11.2 Å². The molecule has 0 spiro atoms. The second-order valence-electron chi connectivity index (χ2n) is 7.63. The minimum absolute atomic E-state index is 0.0466. The number of hydrogen-bond donors (Lipinski definition) is 3. The van der Waals surface area contributed by atoms with Gasteiger partial charge in [-0.2, -0.15) is 0 Å². The molecule has 0 saturated carbocycles. The van der Waals surface area contributed by atoms with Crippen molar-refractivity contribution >= 4 is 17.1 Å². The zero-order valence-electron chi connectivity index (χ0n) is 14.4. The van der Waals surface area contributed by atoms with Crippen LogP contribution >= 0.6 is 0 Å². The Hall–Kier alpha value is -2.62. The number of aliphatic hydroxyl groups is 1. The molecule has 1 heterocycles. The maximum atomic E-state index is 14.5. The first-order valence-corrected chi connectivity index (χ1v) is 8.60. The van der Waals surface area contributed by atoms with Crippen molar-refractivity contribution < 1.29 is 14.5 Å². The standard InChI is InChI=1S/C21H21FN2O/c1-21(2)11-17-19(18(25)12-21)20(13-7-3-4-8-14(13)22)24-16-10-6-5-9-15(16)23-17/h3-10,20,24-25H,11-12H2,1-2H3/p+1. The van der Waals surface area contributed by atoms with Gasteiger partial charge in [0.1, 0.15) is 17.3 Å². The molecule has 128 valence electrons. The van der Waals surface area contributed by atoms with Gasteiger partial charge in [0.2, 0.25) is 5.69 Å². The van der Waals surface area contributed by atoms with Crippen molar-refractivity contribution in [3.8, 4) is 0 Å². The van der Waals surface area contributed by atoms with E-state index in [1.165, 1.54) is 6.07 Å². The average molecular weight is 337 g/mol. The summed E-state index contributed by atoms with van der Waals surface area (Å²) in [6, 6.07) is 14.2. The second-order valence-corrected chi connectivity index (χ2v) is 7.63. The Balaban J connectivity index is 1.95. The Morgan fingerprint density at radius 3 is 2.60 bits per heavy atom. The van der Waals surface area contributed by atoms with Crippen LogP contribution in [-0.2, 0) is 0 Å². The Labute approximate surface area is 146 Å². The fourth-order valence-electron chi connectivity index (χ4n) is 3.86. The van der Waals surface area contributed by atoms with E-state index in [1.807, 2.05) is 30.3 Å². The zero-order chi connectivity index (χ0) is 17.6. The lowest BCUT2D eigenvalue weighted by Gasteiger charge is -2.32. The molecule has 0 fully saturated rings. The van der Waals surface area contributed by atoms with Crippen LogP contribution < -0.4 is 10.3 Å². The van der Waals surface area contributed by atoms with E-state index in [0.717, 1.165) is 29.1 Å². The van der Waals surface area contributed by atoms with Crippen LogP contribution in [0.3, 0.4) is 0 Å². The number of benzene rings is 2. The molecular weight excluding hydrogens is 315 g/mol. The van der Waals surface area contributed by atoms with Crippen LogP contribution in [0.4, 0.5) is 15.8 Å². The first-order chi connectivity index (χ1) is 11.9. The number of anilines is 1. The summed E-state index contributed by atoms with van der Waals surface area (Å²) < 4.78 is 14.5. The van der Waals surface area contributed by atoms with Crippen LogP contribution in [0.25, 0.3) is 0 Å². The molecular formula is C21H22FN2O+. The Bertz CT molecular complexity index is 898. The molecule has 0 radical (unpaired) electrons. The third-order valence-electron chi connectivity index (χ3n) is 4.95. The molecule has 2 aliphatic rings. The molecule has 0 bridgehead atoms. The molecule has 4 heteroatoms. The fourth-order valence-corrected chi connectivity index (χ4v) is 3.86. The van der Waals surface area contributed by atoms with Gasteiger partial charge in [0.15, 0.2) is 5.71 Å². The number of aliphatic hydroxyl groups excluding tert-OH is 1. The summed E-state index contributed by atoms with van der Waals surface area (Å²) in [6.07, 6.45) is 1.38. The SMILES string of the molecule is CC1(C)CC2=[NH+]c3ccccc3NC(c3ccccc3F)C2=C(O)C1. The summed E-state index contributed by atoms with van der Waals surface area (Å²) in [5.41, 5.74) is 4.06. The number of allylic oxidation sites excluding steroid dienone is 1. The van der Waals surface area contributed by atoms with Crippen molar-refractivity contribution in [3.05, 3.63) is 71.2 Å². The molecule has 2 aromatic rings. The van der Waals surface area contributed by atoms with Crippen LogP contribution in [0.15, 0.2) is 59.9 Å². The highest BCUT2D eigenvalue weighted by Gasteiger charge is 2.41. The van der Waals surface area contributed by atoms with Gasteiger partial charge in [-0.3, -0.25) is 0 Å². The van der Waals surface area contributed by atoms with Crippen molar-refractivity contribution in [1.82, 2.24) is 0 Å². The summed E-state index contributed by atoms with van der Waals surface area (Å²) in [5, 5.41) is 14.3. The van der Waals surface area contributed by atoms with Crippen LogP contribution in [0.1, 0.15) is 38.3 Å². The molecule has 1 aliphatic heterocycles. The maximum Gasteiger partial charge on any atom is 0.227 e. The van der Waals surface area contributed by atoms with E-state index < -0.39 is 6.04 Å². The molecule has 3 nitrogen and oxygen atoms in total.